The lowest BCUT2D eigenvalue weighted by atomic mass is 9.89. The van der Waals surface area contributed by atoms with E-state index in [2.05, 4.69) is 57.6 Å². The quantitative estimate of drug-likeness (QED) is 0.912. The van der Waals surface area contributed by atoms with Crippen LogP contribution in [0.5, 0.6) is 0 Å². The lowest BCUT2D eigenvalue weighted by molar-refractivity contribution is 0.143. The Kier molecular flexibility index (Phi) is 3.80. The number of benzene rings is 1. The molecule has 1 unspecified atom stereocenters. The Balaban J connectivity index is 1.64. The van der Waals surface area contributed by atoms with Gasteiger partial charge in [-0.2, -0.15) is 4.98 Å². The number of piperazine rings is 1. The van der Waals surface area contributed by atoms with Crippen LogP contribution < -0.4 is 5.32 Å². The molecule has 1 atom stereocenters. The molecule has 1 aromatic heterocycles. The van der Waals surface area contributed by atoms with Crippen LogP contribution in [-0.2, 0) is 12.0 Å². The lowest BCUT2D eigenvalue weighted by Crippen LogP contribution is -2.56. The summed E-state index contributed by atoms with van der Waals surface area (Å²) >= 11 is 0. The van der Waals surface area contributed by atoms with Gasteiger partial charge in [-0.05, 0) is 12.5 Å². The summed E-state index contributed by atoms with van der Waals surface area (Å²) in [6.07, 6.45) is 2.22. The summed E-state index contributed by atoms with van der Waals surface area (Å²) in [7, 11) is 0. The standard InChI is InChI=1S/C15H20N4O/c1-15(13-5-3-2-4-6-13)11-19(10-8-17-15)9-7-14-16-12-20-18-14/h2-6,12,17H,7-11H2,1H3. The molecule has 1 N–H and O–H groups in total. The molecular formula is C15H20N4O. The first-order valence-electron chi connectivity index (χ1n) is 7.04. The molecule has 1 saturated heterocycles. The lowest BCUT2D eigenvalue weighted by Gasteiger charge is -2.42. The molecule has 0 amide bonds. The van der Waals surface area contributed by atoms with E-state index in [-0.39, 0.29) is 5.54 Å². The molecule has 0 aliphatic carbocycles. The second-order valence-electron chi connectivity index (χ2n) is 5.50. The van der Waals surface area contributed by atoms with Gasteiger partial charge in [0.05, 0.1) is 5.54 Å². The van der Waals surface area contributed by atoms with Crippen molar-refractivity contribution in [1.29, 1.82) is 0 Å². The number of rotatable bonds is 4. The van der Waals surface area contributed by atoms with Gasteiger partial charge in [-0.25, -0.2) is 0 Å². The van der Waals surface area contributed by atoms with Crippen molar-refractivity contribution in [2.24, 2.45) is 0 Å². The largest absolute Gasteiger partial charge is 0.343 e. The van der Waals surface area contributed by atoms with Crippen molar-refractivity contribution in [2.45, 2.75) is 18.9 Å². The van der Waals surface area contributed by atoms with Gasteiger partial charge >= 0.3 is 0 Å². The SMILES string of the molecule is CC1(c2ccccc2)CN(CCc2ncon2)CCN1. The van der Waals surface area contributed by atoms with E-state index in [1.54, 1.807) is 0 Å². The molecule has 2 heterocycles. The maximum absolute atomic E-state index is 4.77. The summed E-state index contributed by atoms with van der Waals surface area (Å²) in [6.45, 7) is 6.28. The minimum Gasteiger partial charge on any atom is -0.343 e. The van der Waals surface area contributed by atoms with Crippen LogP contribution in [0.25, 0.3) is 0 Å². The average molecular weight is 272 g/mol. The third-order valence-corrected chi connectivity index (χ3v) is 3.95. The van der Waals surface area contributed by atoms with Crippen LogP contribution in [0.4, 0.5) is 0 Å². The molecule has 1 aliphatic rings. The predicted molar refractivity (Wildman–Crippen MR) is 76.2 cm³/mol. The zero-order valence-corrected chi connectivity index (χ0v) is 11.7. The van der Waals surface area contributed by atoms with Crippen molar-refractivity contribution in [3.8, 4) is 0 Å². The smallest absolute Gasteiger partial charge is 0.213 e. The van der Waals surface area contributed by atoms with E-state index in [1.165, 1.54) is 12.0 Å². The van der Waals surface area contributed by atoms with E-state index < -0.39 is 0 Å². The van der Waals surface area contributed by atoms with Gasteiger partial charge in [-0.15, -0.1) is 0 Å². The monoisotopic (exact) mass is 272 g/mol. The van der Waals surface area contributed by atoms with Crippen LogP contribution in [0.15, 0.2) is 41.2 Å². The minimum absolute atomic E-state index is 0.0107. The zero-order chi connectivity index (χ0) is 13.8. The zero-order valence-electron chi connectivity index (χ0n) is 11.7. The van der Waals surface area contributed by atoms with Crippen molar-refractivity contribution in [3.05, 3.63) is 48.1 Å². The molecule has 0 spiro atoms. The van der Waals surface area contributed by atoms with Gasteiger partial charge in [0.2, 0.25) is 6.39 Å². The van der Waals surface area contributed by atoms with E-state index in [0.29, 0.717) is 0 Å². The average Bonchev–Trinajstić information content (AvgIpc) is 3.00. The molecule has 1 fully saturated rings. The molecule has 0 saturated carbocycles. The van der Waals surface area contributed by atoms with Crippen LogP contribution in [0.1, 0.15) is 18.3 Å². The third kappa shape index (κ3) is 2.89. The summed E-state index contributed by atoms with van der Waals surface area (Å²) in [4.78, 5) is 6.53. The van der Waals surface area contributed by atoms with E-state index in [9.17, 15) is 0 Å². The number of aromatic nitrogens is 2. The van der Waals surface area contributed by atoms with E-state index in [4.69, 9.17) is 4.52 Å². The minimum atomic E-state index is 0.0107. The fraction of sp³-hybridized carbons (Fsp3) is 0.467. The summed E-state index contributed by atoms with van der Waals surface area (Å²) < 4.78 is 4.77. The Morgan fingerprint density at radius 3 is 2.95 bits per heavy atom. The van der Waals surface area contributed by atoms with Crippen molar-refractivity contribution < 1.29 is 4.52 Å². The normalized spacial score (nSPS) is 23.9. The van der Waals surface area contributed by atoms with Crippen molar-refractivity contribution in [2.75, 3.05) is 26.2 Å². The molecule has 106 valence electrons. The van der Waals surface area contributed by atoms with Gasteiger partial charge in [0.15, 0.2) is 5.82 Å². The molecule has 2 aromatic rings. The highest BCUT2D eigenvalue weighted by molar-refractivity contribution is 5.24. The summed E-state index contributed by atoms with van der Waals surface area (Å²) in [5.74, 6) is 0.782. The van der Waals surface area contributed by atoms with Crippen LogP contribution in [0, 0.1) is 0 Å². The molecular weight excluding hydrogens is 252 g/mol. The van der Waals surface area contributed by atoms with Gasteiger partial charge in [-0.3, -0.25) is 4.90 Å². The summed E-state index contributed by atoms with van der Waals surface area (Å²) in [6, 6.07) is 10.6. The van der Waals surface area contributed by atoms with E-state index in [0.717, 1.165) is 38.4 Å². The number of hydrogen-bond donors (Lipinski definition) is 1. The maximum Gasteiger partial charge on any atom is 0.213 e. The summed E-state index contributed by atoms with van der Waals surface area (Å²) in [5, 5.41) is 7.51. The topological polar surface area (TPSA) is 54.2 Å². The maximum atomic E-state index is 4.77. The fourth-order valence-corrected chi connectivity index (χ4v) is 2.82. The van der Waals surface area contributed by atoms with Gasteiger partial charge in [-0.1, -0.05) is 35.5 Å². The van der Waals surface area contributed by atoms with E-state index in [1.807, 2.05) is 0 Å². The Hall–Kier alpha value is -1.72. The molecule has 20 heavy (non-hydrogen) atoms. The summed E-state index contributed by atoms with van der Waals surface area (Å²) in [5.41, 5.74) is 1.35. The van der Waals surface area contributed by atoms with Crippen LogP contribution in [0.3, 0.4) is 0 Å². The van der Waals surface area contributed by atoms with Gasteiger partial charge < -0.3 is 9.84 Å². The Morgan fingerprint density at radius 1 is 1.35 bits per heavy atom. The predicted octanol–water partition coefficient (Wildman–Crippen LogP) is 1.43. The molecule has 0 radical (unpaired) electrons. The molecule has 5 nitrogen and oxygen atoms in total. The number of nitrogens with one attached hydrogen (secondary N) is 1. The molecule has 1 aliphatic heterocycles. The van der Waals surface area contributed by atoms with Gasteiger partial charge in [0.1, 0.15) is 0 Å². The first-order chi connectivity index (χ1) is 9.76. The highest BCUT2D eigenvalue weighted by atomic mass is 16.5. The van der Waals surface area contributed by atoms with Gasteiger partial charge in [0.25, 0.3) is 0 Å². The molecule has 0 bridgehead atoms. The fourth-order valence-electron chi connectivity index (χ4n) is 2.82. The highest BCUT2D eigenvalue weighted by Crippen LogP contribution is 2.24. The number of nitrogens with zero attached hydrogens (tertiary/aromatic N) is 3. The Morgan fingerprint density at radius 2 is 2.20 bits per heavy atom. The Bertz CT molecular complexity index is 528. The highest BCUT2D eigenvalue weighted by Gasteiger charge is 2.31. The molecule has 3 rings (SSSR count). The Labute approximate surface area is 119 Å². The van der Waals surface area contributed by atoms with Crippen LogP contribution in [0.2, 0.25) is 0 Å². The second-order valence-corrected chi connectivity index (χ2v) is 5.50. The van der Waals surface area contributed by atoms with Crippen molar-refractivity contribution >= 4 is 0 Å². The molecule has 5 heteroatoms. The second kappa shape index (κ2) is 5.73. The van der Waals surface area contributed by atoms with Crippen molar-refractivity contribution in [3.63, 3.8) is 0 Å². The van der Waals surface area contributed by atoms with Crippen LogP contribution >= 0.6 is 0 Å². The van der Waals surface area contributed by atoms with Crippen molar-refractivity contribution in [1.82, 2.24) is 20.4 Å². The van der Waals surface area contributed by atoms with Crippen LogP contribution in [-0.4, -0.2) is 41.2 Å². The van der Waals surface area contributed by atoms with E-state index >= 15 is 0 Å². The first-order valence-corrected chi connectivity index (χ1v) is 7.04. The molecule has 1 aromatic carbocycles. The number of hydrogen-bond acceptors (Lipinski definition) is 5. The van der Waals surface area contributed by atoms with Gasteiger partial charge in [0, 0.05) is 32.6 Å². The first kappa shape index (κ1) is 13.3. The third-order valence-electron chi connectivity index (χ3n) is 3.95.